The van der Waals surface area contributed by atoms with E-state index in [0.717, 1.165) is 24.4 Å². The Morgan fingerprint density at radius 3 is 2.55 bits per heavy atom. The molecule has 0 radical (unpaired) electrons. The first-order chi connectivity index (χ1) is 9.83. The van der Waals surface area contributed by atoms with Crippen molar-refractivity contribution >= 4 is 0 Å². The van der Waals surface area contributed by atoms with Crippen LogP contribution in [-0.2, 0) is 6.42 Å². The van der Waals surface area contributed by atoms with E-state index >= 15 is 0 Å². The van der Waals surface area contributed by atoms with E-state index in [1.807, 2.05) is 6.07 Å². The largest absolute Gasteiger partial charge is 0.309 e. The van der Waals surface area contributed by atoms with Crippen LogP contribution < -0.4 is 5.32 Å². The third kappa shape index (κ3) is 3.45. The van der Waals surface area contributed by atoms with E-state index in [2.05, 4.69) is 35.6 Å². The minimum Gasteiger partial charge on any atom is -0.309 e. The maximum atomic E-state index is 13.1. The molecule has 0 aliphatic heterocycles. The molecule has 1 aliphatic rings. The maximum Gasteiger partial charge on any atom is 0.123 e. The number of nitrogens with one attached hydrogen (secondary N) is 1. The van der Waals surface area contributed by atoms with Crippen molar-refractivity contribution in [2.75, 3.05) is 6.54 Å². The van der Waals surface area contributed by atoms with Gasteiger partial charge in [0.25, 0.3) is 0 Å². The Morgan fingerprint density at radius 1 is 1.05 bits per heavy atom. The average Bonchev–Trinajstić information content (AvgIpc) is 3.29. The number of benzene rings is 2. The molecule has 1 N–H and O–H groups in total. The van der Waals surface area contributed by atoms with Gasteiger partial charge in [0.2, 0.25) is 0 Å². The third-order valence-electron chi connectivity index (χ3n) is 3.92. The van der Waals surface area contributed by atoms with Crippen molar-refractivity contribution in [1.82, 2.24) is 5.32 Å². The lowest BCUT2D eigenvalue weighted by atomic mass is 10.0. The zero-order valence-electron chi connectivity index (χ0n) is 11.6. The summed E-state index contributed by atoms with van der Waals surface area (Å²) in [7, 11) is 0. The van der Waals surface area contributed by atoms with E-state index in [9.17, 15) is 4.39 Å². The van der Waals surface area contributed by atoms with E-state index in [4.69, 9.17) is 0 Å². The number of rotatable bonds is 6. The van der Waals surface area contributed by atoms with Crippen LogP contribution in [0.25, 0.3) is 0 Å². The maximum absolute atomic E-state index is 13.1. The van der Waals surface area contributed by atoms with Crippen molar-refractivity contribution in [1.29, 1.82) is 0 Å². The minimum absolute atomic E-state index is 0.149. The smallest absolute Gasteiger partial charge is 0.123 e. The van der Waals surface area contributed by atoms with Crippen molar-refractivity contribution < 1.29 is 4.39 Å². The molecule has 0 saturated heterocycles. The summed E-state index contributed by atoms with van der Waals surface area (Å²) < 4.78 is 13.1. The van der Waals surface area contributed by atoms with Crippen LogP contribution in [0, 0.1) is 11.7 Å². The van der Waals surface area contributed by atoms with Crippen LogP contribution in [0.2, 0.25) is 0 Å². The Balaban J connectivity index is 1.58. The van der Waals surface area contributed by atoms with E-state index < -0.39 is 0 Å². The molecule has 1 saturated carbocycles. The van der Waals surface area contributed by atoms with E-state index in [0.29, 0.717) is 6.04 Å². The molecule has 1 aliphatic carbocycles. The van der Waals surface area contributed by atoms with Gasteiger partial charge in [-0.1, -0.05) is 42.5 Å². The lowest BCUT2D eigenvalue weighted by Crippen LogP contribution is -2.25. The zero-order chi connectivity index (χ0) is 13.8. The average molecular weight is 269 g/mol. The molecule has 104 valence electrons. The summed E-state index contributed by atoms with van der Waals surface area (Å²) in [6, 6.07) is 18.0. The summed E-state index contributed by atoms with van der Waals surface area (Å²) in [5.41, 5.74) is 2.43. The monoisotopic (exact) mass is 269 g/mol. The predicted molar refractivity (Wildman–Crippen MR) is 80.0 cm³/mol. The molecule has 1 unspecified atom stereocenters. The molecule has 0 heterocycles. The number of halogens is 1. The molecule has 20 heavy (non-hydrogen) atoms. The topological polar surface area (TPSA) is 12.0 Å². The van der Waals surface area contributed by atoms with Gasteiger partial charge >= 0.3 is 0 Å². The first kappa shape index (κ1) is 13.3. The van der Waals surface area contributed by atoms with Crippen molar-refractivity contribution in [3.63, 3.8) is 0 Å². The van der Waals surface area contributed by atoms with Gasteiger partial charge in [0.1, 0.15) is 5.82 Å². The lowest BCUT2D eigenvalue weighted by Gasteiger charge is -2.18. The Hall–Kier alpha value is -1.67. The molecule has 0 spiro atoms. The van der Waals surface area contributed by atoms with E-state index in [1.165, 1.54) is 24.5 Å². The van der Waals surface area contributed by atoms with Crippen molar-refractivity contribution in [2.45, 2.75) is 25.3 Å². The third-order valence-corrected chi connectivity index (χ3v) is 3.92. The Morgan fingerprint density at radius 2 is 1.85 bits per heavy atom. The highest BCUT2D eigenvalue weighted by molar-refractivity contribution is 5.21. The molecule has 0 aromatic heterocycles. The summed E-state index contributed by atoms with van der Waals surface area (Å²) in [5.74, 6) is 0.620. The molecule has 0 bridgehead atoms. The van der Waals surface area contributed by atoms with Gasteiger partial charge in [-0.15, -0.1) is 0 Å². The second-order valence-electron chi connectivity index (χ2n) is 5.56. The van der Waals surface area contributed by atoms with Crippen LogP contribution in [0.4, 0.5) is 4.39 Å². The Labute approximate surface area is 119 Å². The molecule has 3 rings (SSSR count). The second-order valence-corrected chi connectivity index (χ2v) is 5.56. The van der Waals surface area contributed by atoms with E-state index in [-0.39, 0.29) is 5.82 Å². The highest BCUT2D eigenvalue weighted by atomic mass is 19.1. The number of hydrogen-bond donors (Lipinski definition) is 1. The van der Waals surface area contributed by atoms with Crippen LogP contribution in [0.1, 0.15) is 30.0 Å². The highest BCUT2D eigenvalue weighted by Gasteiger charge is 2.31. The van der Waals surface area contributed by atoms with Gasteiger partial charge in [-0.2, -0.15) is 0 Å². The van der Waals surface area contributed by atoms with Crippen LogP contribution in [0.15, 0.2) is 54.6 Å². The normalized spacial score (nSPS) is 16.1. The zero-order valence-corrected chi connectivity index (χ0v) is 11.6. The van der Waals surface area contributed by atoms with Crippen LogP contribution in [0.3, 0.4) is 0 Å². The summed E-state index contributed by atoms with van der Waals surface area (Å²) >= 11 is 0. The first-order valence-electron chi connectivity index (χ1n) is 7.36. The summed E-state index contributed by atoms with van der Waals surface area (Å²) in [6.45, 7) is 0.888. The molecular weight excluding hydrogens is 249 g/mol. The molecule has 1 fully saturated rings. The highest BCUT2D eigenvalue weighted by Crippen LogP contribution is 2.40. The fourth-order valence-corrected chi connectivity index (χ4v) is 2.71. The van der Waals surface area contributed by atoms with E-state index in [1.54, 1.807) is 12.1 Å². The van der Waals surface area contributed by atoms with Gasteiger partial charge < -0.3 is 5.32 Å². The van der Waals surface area contributed by atoms with Gasteiger partial charge in [-0.25, -0.2) is 4.39 Å². The predicted octanol–water partition coefficient (Wildman–Crippen LogP) is 4.11. The Bertz CT molecular complexity index is 548. The standard InChI is InChI=1S/C18H20FN/c19-17-8-4-5-14(13-17)11-12-20-18(16-9-10-16)15-6-2-1-3-7-15/h1-8,13,16,18,20H,9-12H2. The number of hydrogen-bond acceptors (Lipinski definition) is 1. The molecular formula is C18H20FN. The lowest BCUT2D eigenvalue weighted by molar-refractivity contribution is 0.484. The molecule has 0 amide bonds. The second kappa shape index (κ2) is 6.19. The van der Waals surface area contributed by atoms with Crippen LogP contribution in [0.5, 0.6) is 0 Å². The van der Waals surface area contributed by atoms with Gasteiger partial charge in [0.15, 0.2) is 0 Å². The van der Waals surface area contributed by atoms with Crippen molar-refractivity contribution in [2.24, 2.45) is 5.92 Å². The van der Waals surface area contributed by atoms with Crippen LogP contribution in [-0.4, -0.2) is 6.54 Å². The first-order valence-corrected chi connectivity index (χ1v) is 7.36. The Kier molecular flexibility index (Phi) is 4.12. The SMILES string of the molecule is Fc1cccc(CCNC(c2ccccc2)C2CC2)c1. The molecule has 2 heteroatoms. The molecule has 2 aromatic rings. The molecule has 2 aromatic carbocycles. The van der Waals surface area contributed by atoms with Crippen LogP contribution >= 0.6 is 0 Å². The van der Waals surface area contributed by atoms with Crippen molar-refractivity contribution in [3.05, 3.63) is 71.5 Å². The van der Waals surface area contributed by atoms with Gasteiger partial charge in [-0.3, -0.25) is 0 Å². The summed E-state index contributed by atoms with van der Waals surface area (Å²) in [4.78, 5) is 0. The quantitative estimate of drug-likeness (QED) is 0.832. The van der Waals surface area contributed by atoms with Crippen molar-refractivity contribution in [3.8, 4) is 0 Å². The minimum atomic E-state index is -0.149. The van der Waals surface area contributed by atoms with Gasteiger partial charge in [0, 0.05) is 6.04 Å². The van der Waals surface area contributed by atoms with Gasteiger partial charge in [0.05, 0.1) is 0 Å². The van der Waals surface area contributed by atoms with Gasteiger partial charge in [-0.05, 0) is 55.0 Å². The summed E-state index contributed by atoms with van der Waals surface area (Å²) in [6.07, 6.45) is 3.49. The fraction of sp³-hybridized carbons (Fsp3) is 0.333. The fourth-order valence-electron chi connectivity index (χ4n) is 2.71. The molecule has 1 atom stereocenters. The molecule has 1 nitrogen and oxygen atoms in total. The summed E-state index contributed by atoms with van der Waals surface area (Å²) in [5, 5.41) is 3.64.